The van der Waals surface area contributed by atoms with Gasteiger partial charge in [0.15, 0.2) is 18.2 Å². The van der Waals surface area contributed by atoms with Crippen molar-refractivity contribution in [1.29, 1.82) is 0 Å². The van der Waals surface area contributed by atoms with E-state index in [0.29, 0.717) is 28.6 Å². The van der Waals surface area contributed by atoms with Crippen molar-refractivity contribution < 1.29 is 32.8 Å². The molecule has 208 valence electrons. The third kappa shape index (κ3) is 3.81. The van der Waals surface area contributed by atoms with Gasteiger partial charge in [0.2, 0.25) is 11.6 Å². The number of ether oxygens (including phenoxy) is 3. The van der Waals surface area contributed by atoms with Gasteiger partial charge in [-0.15, -0.1) is 5.10 Å². The summed E-state index contributed by atoms with van der Waals surface area (Å²) in [4.78, 5) is 23.9. The van der Waals surface area contributed by atoms with Gasteiger partial charge in [0, 0.05) is 35.3 Å². The van der Waals surface area contributed by atoms with Gasteiger partial charge >= 0.3 is 5.63 Å². The molecule has 1 spiro atoms. The molecule has 2 bridgehead atoms. The number of aromatic nitrogens is 3. The van der Waals surface area contributed by atoms with E-state index in [1.807, 2.05) is 6.92 Å². The molecule has 3 aromatic rings. The molecule has 39 heavy (non-hydrogen) atoms. The highest BCUT2D eigenvalue weighted by Gasteiger charge is 2.69. The van der Waals surface area contributed by atoms with E-state index in [0.717, 1.165) is 25.7 Å². The Hall–Kier alpha value is -2.70. The molecule has 1 aliphatic carbocycles. The first kappa shape index (κ1) is 25.3. The molecule has 1 aromatic carbocycles. The topological polar surface area (TPSA) is 107 Å². The number of hydrogen-bond donors (Lipinski definition) is 0. The van der Waals surface area contributed by atoms with Crippen molar-refractivity contribution in [3.05, 3.63) is 51.9 Å². The number of fused-ring (bicyclic) bond motifs is 3. The van der Waals surface area contributed by atoms with Crippen LogP contribution in [0.2, 0.25) is 0 Å². The maximum Gasteiger partial charge on any atom is 0.372 e. The largest absolute Gasteiger partial charge is 0.421 e. The molecule has 0 N–H and O–H groups in total. The van der Waals surface area contributed by atoms with Crippen molar-refractivity contribution in [3.63, 3.8) is 0 Å². The van der Waals surface area contributed by atoms with Crippen molar-refractivity contribution in [1.82, 2.24) is 15.0 Å². The summed E-state index contributed by atoms with van der Waals surface area (Å²) in [7, 11) is 0. The summed E-state index contributed by atoms with van der Waals surface area (Å²) >= 11 is 0. The Labute approximate surface area is 224 Å². The SMILES string of the molecule is Cc1c(F)c(=O)oc2cc(-n3cc(CO[C@H]4O[C@@H]5O[C@@]6(C)CC[C@H]7[C@H](C)CC[C@@H]([C@H]4C)[C@@]57OO6)nn3)ccc12. The first-order valence-corrected chi connectivity index (χ1v) is 13.6. The van der Waals surface area contributed by atoms with Crippen LogP contribution in [-0.2, 0) is 30.6 Å². The maximum absolute atomic E-state index is 13.9. The third-order valence-corrected chi connectivity index (χ3v) is 9.38. The van der Waals surface area contributed by atoms with Crippen molar-refractivity contribution >= 4 is 11.0 Å². The summed E-state index contributed by atoms with van der Waals surface area (Å²) in [6.07, 6.45) is 4.49. The fraction of sp³-hybridized carbons (Fsp3) is 0.607. The molecule has 8 atom stereocenters. The molecule has 2 aromatic heterocycles. The molecule has 6 heterocycles. The Morgan fingerprint density at radius 2 is 2.03 bits per heavy atom. The van der Waals surface area contributed by atoms with Gasteiger partial charge in [0.25, 0.3) is 0 Å². The van der Waals surface area contributed by atoms with Gasteiger partial charge in [-0.05, 0) is 57.1 Å². The quantitative estimate of drug-likeness (QED) is 0.347. The lowest BCUT2D eigenvalue weighted by molar-refractivity contribution is -0.577. The zero-order chi connectivity index (χ0) is 27.1. The van der Waals surface area contributed by atoms with Gasteiger partial charge in [0.05, 0.1) is 18.5 Å². The Morgan fingerprint density at radius 3 is 2.87 bits per heavy atom. The summed E-state index contributed by atoms with van der Waals surface area (Å²) in [6.45, 7) is 8.06. The first-order chi connectivity index (χ1) is 18.7. The molecule has 5 aliphatic rings. The molecule has 0 radical (unpaired) electrons. The standard InChI is InChI=1S/C28H32FN3O7/c1-14-5-8-21-16(3)25(36-26-28(21)20(14)9-10-27(4,37-26)38-39-28)34-13-17-12-32(31-30-17)18-6-7-19-15(2)23(29)24(33)35-22(19)11-18/h6-7,11-12,14,16,20-21,25-26H,5,8-10,13H2,1-4H3/t14-,16-,20+,21+,25+,26-,27-,28-/m1/s1. The van der Waals surface area contributed by atoms with Gasteiger partial charge in [-0.2, -0.15) is 4.39 Å². The molecule has 10 nitrogen and oxygen atoms in total. The van der Waals surface area contributed by atoms with E-state index < -0.39 is 35.4 Å². The lowest BCUT2D eigenvalue weighted by atomic mass is 9.58. The van der Waals surface area contributed by atoms with E-state index in [1.165, 1.54) is 0 Å². The van der Waals surface area contributed by atoms with Crippen molar-refractivity contribution in [2.45, 2.75) is 84.0 Å². The highest BCUT2D eigenvalue weighted by atomic mass is 19.1. The fourth-order valence-corrected chi connectivity index (χ4v) is 7.18. The second kappa shape index (κ2) is 8.90. The van der Waals surface area contributed by atoms with Crippen LogP contribution in [0.4, 0.5) is 4.39 Å². The number of rotatable bonds is 4. The lowest BCUT2D eigenvalue weighted by Crippen LogP contribution is -2.70. The molecule has 8 rings (SSSR count). The van der Waals surface area contributed by atoms with E-state index in [9.17, 15) is 9.18 Å². The maximum atomic E-state index is 13.9. The monoisotopic (exact) mass is 541 g/mol. The van der Waals surface area contributed by atoms with Crippen LogP contribution in [0.5, 0.6) is 0 Å². The van der Waals surface area contributed by atoms with E-state index in [4.69, 9.17) is 28.4 Å². The average Bonchev–Trinajstić information content (AvgIpc) is 3.28. The average molecular weight is 542 g/mol. The third-order valence-electron chi connectivity index (χ3n) is 9.38. The highest BCUT2D eigenvalue weighted by molar-refractivity contribution is 5.82. The predicted octanol–water partition coefficient (Wildman–Crippen LogP) is 4.55. The molecule has 5 fully saturated rings. The minimum Gasteiger partial charge on any atom is -0.421 e. The van der Waals surface area contributed by atoms with Gasteiger partial charge in [-0.25, -0.2) is 19.3 Å². The van der Waals surface area contributed by atoms with Gasteiger partial charge in [-0.3, -0.25) is 0 Å². The minimum absolute atomic E-state index is 0.0490. The van der Waals surface area contributed by atoms with Gasteiger partial charge < -0.3 is 18.6 Å². The van der Waals surface area contributed by atoms with E-state index in [-0.39, 0.29) is 29.6 Å². The van der Waals surface area contributed by atoms with Gasteiger partial charge in [-0.1, -0.05) is 19.1 Å². The van der Waals surface area contributed by atoms with Crippen molar-refractivity contribution in [2.24, 2.45) is 23.7 Å². The Morgan fingerprint density at radius 1 is 1.18 bits per heavy atom. The van der Waals surface area contributed by atoms with Crippen LogP contribution < -0.4 is 5.63 Å². The Balaban J connectivity index is 1.10. The molecule has 4 aliphatic heterocycles. The Kier molecular flexibility index (Phi) is 5.77. The summed E-state index contributed by atoms with van der Waals surface area (Å²) in [5, 5.41) is 8.98. The smallest absolute Gasteiger partial charge is 0.372 e. The lowest BCUT2D eigenvalue weighted by Gasteiger charge is -2.60. The summed E-state index contributed by atoms with van der Waals surface area (Å²) in [5.74, 6) is -0.719. The number of halogens is 1. The van der Waals surface area contributed by atoms with Crippen LogP contribution in [0.3, 0.4) is 0 Å². The molecule has 0 unspecified atom stereocenters. The molecule has 4 saturated heterocycles. The van der Waals surface area contributed by atoms with Gasteiger partial charge in [0.1, 0.15) is 11.3 Å². The van der Waals surface area contributed by atoms with E-state index in [2.05, 4.69) is 24.2 Å². The fourth-order valence-electron chi connectivity index (χ4n) is 7.18. The minimum atomic E-state index is -0.996. The molecular formula is C28H32FN3O7. The van der Waals surface area contributed by atoms with Crippen molar-refractivity contribution in [3.8, 4) is 5.69 Å². The molecule has 0 amide bonds. The van der Waals surface area contributed by atoms with Crippen LogP contribution >= 0.6 is 0 Å². The number of benzene rings is 1. The zero-order valence-corrected chi connectivity index (χ0v) is 22.4. The number of hydrogen-bond acceptors (Lipinski definition) is 9. The highest BCUT2D eigenvalue weighted by Crippen LogP contribution is 2.60. The predicted molar refractivity (Wildman–Crippen MR) is 134 cm³/mol. The molecule has 1 saturated carbocycles. The van der Waals surface area contributed by atoms with E-state index >= 15 is 0 Å². The summed E-state index contributed by atoms with van der Waals surface area (Å²) in [6, 6.07) is 5.10. The first-order valence-electron chi connectivity index (χ1n) is 13.6. The normalized spacial score (nSPS) is 37.6. The van der Waals surface area contributed by atoms with Crippen LogP contribution in [-0.4, -0.2) is 39.0 Å². The second-order valence-electron chi connectivity index (χ2n) is 11.7. The van der Waals surface area contributed by atoms with Crippen LogP contribution in [0.15, 0.2) is 33.6 Å². The van der Waals surface area contributed by atoms with E-state index in [1.54, 1.807) is 36.0 Å². The number of nitrogens with zero attached hydrogens (tertiary/aromatic N) is 3. The van der Waals surface area contributed by atoms with Crippen LogP contribution in [0, 0.1) is 36.4 Å². The van der Waals surface area contributed by atoms with Crippen LogP contribution in [0.25, 0.3) is 16.7 Å². The Bertz CT molecular complexity index is 1490. The van der Waals surface area contributed by atoms with Crippen molar-refractivity contribution in [2.75, 3.05) is 0 Å². The summed E-state index contributed by atoms with van der Waals surface area (Å²) in [5.41, 5.74) is 0.120. The second-order valence-corrected chi connectivity index (χ2v) is 11.7. The molecule has 11 heteroatoms. The summed E-state index contributed by atoms with van der Waals surface area (Å²) < 4.78 is 39.8. The zero-order valence-electron chi connectivity index (χ0n) is 22.4. The number of aryl methyl sites for hydroxylation is 1. The molecular weight excluding hydrogens is 509 g/mol. The van der Waals surface area contributed by atoms with Crippen LogP contribution in [0.1, 0.15) is 57.7 Å².